The number of nitrogens with zero attached hydrogens (tertiary/aromatic N) is 2. The number of benzene rings is 2. The molecule has 0 atom stereocenters. The molecule has 1 N–H and O–H groups in total. The van der Waals surface area contributed by atoms with E-state index in [0.29, 0.717) is 18.7 Å². The van der Waals surface area contributed by atoms with Crippen LogP contribution in [0.4, 0.5) is 0 Å². The number of aromatic nitrogens is 2. The molecule has 1 amide bonds. The van der Waals surface area contributed by atoms with E-state index in [9.17, 15) is 4.79 Å². The predicted molar refractivity (Wildman–Crippen MR) is 103 cm³/mol. The van der Waals surface area contributed by atoms with Gasteiger partial charge in [-0.25, -0.2) is 9.97 Å². The van der Waals surface area contributed by atoms with E-state index in [0.717, 1.165) is 40.2 Å². The van der Waals surface area contributed by atoms with Crippen molar-refractivity contribution < 1.29 is 9.53 Å². The minimum atomic E-state index is -0.0992. The zero-order valence-corrected chi connectivity index (χ0v) is 15.4. The molecule has 26 heavy (non-hydrogen) atoms. The van der Waals surface area contributed by atoms with Crippen LogP contribution in [0.3, 0.4) is 0 Å². The molecule has 0 saturated heterocycles. The van der Waals surface area contributed by atoms with Crippen molar-refractivity contribution in [3.8, 4) is 5.75 Å². The summed E-state index contributed by atoms with van der Waals surface area (Å²) in [5, 5.41) is 2.96. The molecule has 134 valence electrons. The van der Waals surface area contributed by atoms with Gasteiger partial charge < -0.3 is 10.1 Å². The minimum absolute atomic E-state index is 0.0992. The van der Waals surface area contributed by atoms with Crippen molar-refractivity contribution in [2.24, 2.45) is 0 Å². The first-order chi connectivity index (χ1) is 12.6. The Labute approximate surface area is 153 Å². The van der Waals surface area contributed by atoms with Gasteiger partial charge in [-0.05, 0) is 63.1 Å². The van der Waals surface area contributed by atoms with Gasteiger partial charge in [0, 0.05) is 12.1 Å². The number of amides is 1. The quantitative estimate of drug-likeness (QED) is 0.738. The van der Waals surface area contributed by atoms with Gasteiger partial charge in [-0.2, -0.15) is 0 Å². The topological polar surface area (TPSA) is 64.1 Å². The van der Waals surface area contributed by atoms with Crippen LogP contribution in [0, 0.1) is 13.8 Å². The highest BCUT2D eigenvalue weighted by molar-refractivity contribution is 5.97. The Balaban J connectivity index is 1.61. The Morgan fingerprint density at radius 3 is 2.38 bits per heavy atom. The maximum atomic E-state index is 12.4. The van der Waals surface area contributed by atoms with Crippen LogP contribution in [0.25, 0.3) is 11.0 Å². The third kappa shape index (κ3) is 4.17. The molecule has 5 nitrogen and oxygen atoms in total. The number of rotatable bonds is 6. The van der Waals surface area contributed by atoms with Crippen LogP contribution in [0.15, 0.2) is 42.5 Å². The zero-order valence-electron chi connectivity index (χ0n) is 15.4. The molecular weight excluding hydrogens is 326 g/mol. The van der Waals surface area contributed by atoms with E-state index in [4.69, 9.17) is 4.74 Å². The molecule has 0 aliphatic rings. The molecule has 5 heteroatoms. The third-order valence-electron chi connectivity index (χ3n) is 4.27. The van der Waals surface area contributed by atoms with Gasteiger partial charge in [0.1, 0.15) is 5.75 Å². The molecule has 0 aliphatic carbocycles. The Bertz CT molecular complexity index is 920. The summed E-state index contributed by atoms with van der Waals surface area (Å²) in [6.07, 6.45) is 0.768. The average molecular weight is 349 g/mol. The molecule has 2 aromatic carbocycles. The highest BCUT2D eigenvalue weighted by Crippen LogP contribution is 2.15. The lowest BCUT2D eigenvalue weighted by atomic mass is 10.1. The lowest BCUT2D eigenvalue weighted by molar-refractivity contribution is 0.0954. The normalized spacial score (nSPS) is 10.7. The summed E-state index contributed by atoms with van der Waals surface area (Å²) in [5.41, 5.74) is 5.09. The highest BCUT2D eigenvalue weighted by Gasteiger charge is 2.08. The molecule has 3 aromatic rings. The molecule has 1 heterocycles. The summed E-state index contributed by atoms with van der Waals surface area (Å²) in [7, 11) is 0. The molecule has 3 rings (SSSR count). The van der Waals surface area contributed by atoms with Crippen molar-refractivity contribution in [2.75, 3.05) is 13.2 Å². The van der Waals surface area contributed by atoms with Crippen molar-refractivity contribution in [1.82, 2.24) is 15.3 Å². The van der Waals surface area contributed by atoms with E-state index in [1.165, 1.54) is 0 Å². The second kappa shape index (κ2) is 7.95. The second-order valence-corrected chi connectivity index (χ2v) is 6.18. The number of hydrogen-bond acceptors (Lipinski definition) is 4. The lowest BCUT2D eigenvalue weighted by Gasteiger charge is -2.08. The summed E-state index contributed by atoms with van der Waals surface area (Å²) in [5.74, 6) is 0.765. The van der Waals surface area contributed by atoms with Crippen LogP contribution in [0.5, 0.6) is 5.75 Å². The molecule has 0 aliphatic heterocycles. The van der Waals surface area contributed by atoms with Crippen LogP contribution >= 0.6 is 0 Å². The molecule has 0 spiro atoms. The Kier molecular flexibility index (Phi) is 5.46. The van der Waals surface area contributed by atoms with E-state index < -0.39 is 0 Å². The van der Waals surface area contributed by atoms with Gasteiger partial charge in [0.05, 0.1) is 29.0 Å². The second-order valence-electron chi connectivity index (χ2n) is 6.18. The van der Waals surface area contributed by atoms with Gasteiger partial charge in [0.25, 0.3) is 5.91 Å². The van der Waals surface area contributed by atoms with Crippen molar-refractivity contribution in [2.45, 2.75) is 27.2 Å². The standard InChI is InChI=1S/C21H23N3O2/c1-4-26-18-8-5-16(6-9-18)11-12-22-21(25)17-7-10-19-20(13-17)24-15(3)14(2)23-19/h5-10,13H,4,11-12H2,1-3H3,(H,22,25). The molecule has 0 unspecified atom stereocenters. The van der Waals surface area contributed by atoms with E-state index >= 15 is 0 Å². The summed E-state index contributed by atoms with van der Waals surface area (Å²) in [6.45, 7) is 7.05. The van der Waals surface area contributed by atoms with Gasteiger partial charge in [-0.3, -0.25) is 4.79 Å². The van der Waals surface area contributed by atoms with Crippen LogP contribution in [0.1, 0.15) is 34.2 Å². The maximum absolute atomic E-state index is 12.4. The number of ether oxygens (including phenoxy) is 1. The number of hydrogen-bond donors (Lipinski definition) is 1. The average Bonchev–Trinajstić information content (AvgIpc) is 2.64. The van der Waals surface area contributed by atoms with Crippen molar-refractivity contribution >= 4 is 16.9 Å². The summed E-state index contributed by atoms with van der Waals surface area (Å²) in [6, 6.07) is 13.4. The number of carbonyl (C=O) groups excluding carboxylic acids is 1. The first-order valence-electron chi connectivity index (χ1n) is 8.81. The summed E-state index contributed by atoms with van der Waals surface area (Å²) < 4.78 is 5.43. The van der Waals surface area contributed by atoms with Crippen molar-refractivity contribution in [1.29, 1.82) is 0 Å². The molecule has 1 aromatic heterocycles. The summed E-state index contributed by atoms with van der Waals surface area (Å²) in [4.78, 5) is 21.4. The van der Waals surface area contributed by atoms with Gasteiger partial charge in [-0.1, -0.05) is 12.1 Å². The first-order valence-corrected chi connectivity index (χ1v) is 8.81. The Hall–Kier alpha value is -2.95. The number of nitrogens with one attached hydrogen (secondary N) is 1. The summed E-state index contributed by atoms with van der Waals surface area (Å²) >= 11 is 0. The minimum Gasteiger partial charge on any atom is -0.494 e. The van der Waals surface area contributed by atoms with E-state index in [-0.39, 0.29) is 5.91 Å². The molecule has 0 fully saturated rings. The van der Waals surface area contributed by atoms with Gasteiger partial charge in [0.15, 0.2) is 0 Å². The van der Waals surface area contributed by atoms with Crippen molar-refractivity contribution in [3.63, 3.8) is 0 Å². The number of fused-ring (bicyclic) bond motifs is 1. The fourth-order valence-electron chi connectivity index (χ4n) is 2.71. The highest BCUT2D eigenvalue weighted by atomic mass is 16.5. The smallest absolute Gasteiger partial charge is 0.251 e. The van der Waals surface area contributed by atoms with Gasteiger partial charge in [-0.15, -0.1) is 0 Å². The first kappa shape index (κ1) is 17.9. The van der Waals surface area contributed by atoms with Crippen molar-refractivity contribution in [3.05, 3.63) is 65.0 Å². The molecule has 0 bridgehead atoms. The van der Waals surface area contributed by atoms with Gasteiger partial charge in [0.2, 0.25) is 0 Å². The van der Waals surface area contributed by atoms with Crippen LogP contribution in [0.2, 0.25) is 0 Å². The molecular formula is C21H23N3O2. The lowest BCUT2D eigenvalue weighted by Crippen LogP contribution is -2.25. The fraction of sp³-hybridized carbons (Fsp3) is 0.286. The van der Waals surface area contributed by atoms with Gasteiger partial charge >= 0.3 is 0 Å². The zero-order chi connectivity index (χ0) is 18.5. The molecule has 0 saturated carbocycles. The Morgan fingerprint density at radius 2 is 1.69 bits per heavy atom. The largest absolute Gasteiger partial charge is 0.494 e. The molecule has 0 radical (unpaired) electrons. The number of aryl methyl sites for hydroxylation is 2. The SMILES string of the molecule is CCOc1ccc(CCNC(=O)c2ccc3nc(C)c(C)nc3c2)cc1. The van der Waals surface area contributed by atoms with Crippen LogP contribution < -0.4 is 10.1 Å². The van der Waals surface area contributed by atoms with E-state index in [1.54, 1.807) is 12.1 Å². The fourth-order valence-corrected chi connectivity index (χ4v) is 2.71. The number of carbonyl (C=O) groups is 1. The van der Waals surface area contributed by atoms with E-state index in [2.05, 4.69) is 15.3 Å². The monoisotopic (exact) mass is 349 g/mol. The van der Waals surface area contributed by atoms with E-state index in [1.807, 2.05) is 51.1 Å². The van der Waals surface area contributed by atoms with Crippen LogP contribution in [-0.2, 0) is 6.42 Å². The maximum Gasteiger partial charge on any atom is 0.251 e. The Morgan fingerprint density at radius 1 is 1.00 bits per heavy atom. The predicted octanol–water partition coefficient (Wildman–Crippen LogP) is 3.62. The van der Waals surface area contributed by atoms with Crippen LogP contribution in [-0.4, -0.2) is 29.0 Å². The third-order valence-corrected chi connectivity index (χ3v) is 4.27.